The molecule has 3 rings (SSSR count). The number of hydrogen-bond donors (Lipinski definition) is 3. The van der Waals surface area contributed by atoms with Crippen LogP contribution in [0, 0.1) is 18.8 Å². The molecule has 0 spiro atoms. The van der Waals surface area contributed by atoms with E-state index in [4.69, 9.17) is 0 Å². The van der Waals surface area contributed by atoms with Crippen molar-refractivity contribution in [3.63, 3.8) is 0 Å². The molecule has 1 saturated carbocycles. The summed E-state index contributed by atoms with van der Waals surface area (Å²) in [6.07, 6.45) is 7.10. The van der Waals surface area contributed by atoms with Crippen molar-refractivity contribution in [2.45, 2.75) is 52.0 Å². The van der Waals surface area contributed by atoms with Crippen molar-refractivity contribution in [3.8, 4) is 0 Å². The van der Waals surface area contributed by atoms with Crippen LogP contribution in [0.5, 0.6) is 0 Å². The Morgan fingerprint density at radius 2 is 1.85 bits per heavy atom. The lowest BCUT2D eigenvalue weighted by atomic mass is 9.82. The number of thiophene rings is 1. The van der Waals surface area contributed by atoms with Crippen molar-refractivity contribution in [1.29, 1.82) is 0 Å². The van der Waals surface area contributed by atoms with Crippen LogP contribution in [-0.4, -0.2) is 28.9 Å². The van der Waals surface area contributed by atoms with Crippen LogP contribution in [0.15, 0.2) is 12.2 Å². The van der Waals surface area contributed by atoms with Crippen LogP contribution < -0.4 is 10.6 Å². The summed E-state index contributed by atoms with van der Waals surface area (Å²) < 4.78 is 0. The molecule has 140 valence electrons. The Morgan fingerprint density at radius 1 is 1.19 bits per heavy atom. The molecule has 7 heteroatoms. The highest BCUT2D eigenvalue weighted by molar-refractivity contribution is 7.16. The summed E-state index contributed by atoms with van der Waals surface area (Å²) in [7, 11) is 0. The van der Waals surface area contributed by atoms with E-state index in [2.05, 4.69) is 10.6 Å². The van der Waals surface area contributed by atoms with E-state index in [0.29, 0.717) is 29.8 Å². The van der Waals surface area contributed by atoms with Gasteiger partial charge in [0.25, 0.3) is 5.91 Å². The second kappa shape index (κ2) is 7.61. The number of aryl methyl sites for hydroxylation is 1. The molecule has 2 aliphatic rings. The van der Waals surface area contributed by atoms with Crippen molar-refractivity contribution in [2.24, 2.45) is 11.8 Å². The first-order chi connectivity index (χ1) is 12.4. The molecule has 1 aromatic rings. The molecule has 3 N–H and O–H groups in total. The predicted molar refractivity (Wildman–Crippen MR) is 101 cm³/mol. The lowest BCUT2D eigenvalue weighted by Crippen LogP contribution is -2.35. The Labute approximate surface area is 156 Å². The molecule has 1 fully saturated rings. The van der Waals surface area contributed by atoms with Gasteiger partial charge in [0.05, 0.1) is 17.4 Å². The molecule has 2 amide bonds. The highest BCUT2D eigenvalue weighted by Crippen LogP contribution is 2.36. The molecule has 26 heavy (non-hydrogen) atoms. The zero-order valence-electron chi connectivity index (χ0n) is 15.0. The summed E-state index contributed by atoms with van der Waals surface area (Å²) in [6.45, 7) is 3.93. The molecule has 2 atom stereocenters. The summed E-state index contributed by atoms with van der Waals surface area (Å²) in [4.78, 5) is 37.9. The Kier molecular flexibility index (Phi) is 5.46. The molecular formula is C19H24N2O4S. The van der Waals surface area contributed by atoms with Crippen LogP contribution in [0.2, 0.25) is 0 Å². The second-order valence-electron chi connectivity index (χ2n) is 6.93. The standard InChI is InChI=1S/C19H24N2O4S/c1-3-12-10(2)26-18(15(12)17(23)20-11-8-9-11)21-16(22)13-6-4-5-7-14(13)19(24)25/h4-5,11,13-14H,3,6-9H2,1-2H3,(H,20,23)(H,21,22)(H,24,25)/t13-,14-/m1/s1. The third-order valence-corrected chi connectivity index (χ3v) is 6.09. The summed E-state index contributed by atoms with van der Waals surface area (Å²) in [5, 5.41) is 15.8. The predicted octanol–water partition coefficient (Wildman–Crippen LogP) is 3.12. The SMILES string of the molecule is CCc1c(C)sc(NC(=O)[C@@H]2CC=CC[C@H]2C(=O)O)c1C(=O)NC1CC1. The van der Waals surface area contributed by atoms with E-state index < -0.39 is 17.8 Å². The molecule has 0 bridgehead atoms. The topological polar surface area (TPSA) is 95.5 Å². The zero-order valence-corrected chi connectivity index (χ0v) is 15.8. The number of carboxylic acids is 1. The number of carboxylic acid groups (broad SMARTS) is 1. The highest BCUT2D eigenvalue weighted by Gasteiger charge is 2.35. The van der Waals surface area contributed by atoms with Crippen molar-refractivity contribution >= 4 is 34.1 Å². The van der Waals surface area contributed by atoms with Crippen LogP contribution >= 0.6 is 11.3 Å². The van der Waals surface area contributed by atoms with Crippen molar-refractivity contribution in [2.75, 3.05) is 5.32 Å². The van der Waals surface area contributed by atoms with Crippen molar-refractivity contribution in [1.82, 2.24) is 5.32 Å². The average Bonchev–Trinajstić information content (AvgIpc) is 3.36. The first-order valence-corrected chi connectivity index (χ1v) is 9.85. The van der Waals surface area contributed by atoms with Gasteiger partial charge >= 0.3 is 5.97 Å². The molecule has 1 heterocycles. The van der Waals surface area contributed by atoms with Gasteiger partial charge in [-0.15, -0.1) is 11.3 Å². The maximum atomic E-state index is 12.8. The van der Waals surface area contributed by atoms with E-state index in [9.17, 15) is 19.5 Å². The van der Waals surface area contributed by atoms with Gasteiger partial charge in [0.2, 0.25) is 5.91 Å². The lowest BCUT2D eigenvalue weighted by molar-refractivity contribution is -0.146. The van der Waals surface area contributed by atoms with Gasteiger partial charge in [-0.05, 0) is 44.6 Å². The fraction of sp³-hybridized carbons (Fsp3) is 0.526. The number of carbonyl (C=O) groups is 3. The first kappa shape index (κ1) is 18.6. The third-order valence-electron chi connectivity index (χ3n) is 5.03. The smallest absolute Gasteiger partial charge is 0.307 e. The highest BCUT2D eigenvalue weighted by atomic mass is 32.1. The van der Waals surface area contributed by atoms with Crippen LogP contribution in [0.25, 0.3) is 0 Å². The number of carbonyl (C=O) groups excluding carboxylic acids is 2. The van der Waals surface area contributed by atoms with E-state index >= 15 is 0 Å². The number of rotatable bonds is 6. The Hall–Kier alpha value is -2.15. The normalized spacial score (nSPS) is 22.1. The first-order valence-electron chi connectivity index (χ1n) is 9.04. The third kappa shape index (κ3) is 3.82. The number of anilines is 1. The minimum Gasteiger partial charge on any atom is -0.481 e. The van der Waals surface area contributed by atoms with E-state index in [0.717, 1.165) is 23.3 Å². The lowest BCUT2D eigenvalue weighted by Gasteiger charge is -2.24. The quantitative estimate of drug-likeness (QED) is 0.665. The van der Waals surface area contributed by atoms with Gasteiger partial charge in [0, 0.05) is 10.9 Å². The minimum absolute atomic E-state index is 0.151. The largest absolute Gasteiger partial charge is 0.481 e. The molecule has 2 aliphatic carbocycles. The summed E-state index contributed by atoms with van der Waals surface area (Å²) in [6, 6.07) is 0.232. The Morgan fingerprint density at radius 3 is 2.42 bits per heavy atom. The maximum absolute atomic E-state index is 12.8. The number of amides is 2. The molecule has 0 aromatic carbocycles. The van der Waals surface area contributed by atoms with Gasteiger partial charge in [0.15, 0.2) is 0 Å². The summed E-state index contributed by atoms with van der Waals surface area (Å²) in [5.74, 6) is -2.79. The maximum Gasteiger partial charge on any atom is 0.307 e. The molecule has 0 radical (unpaired) electrons. The average molecular weight is 376 g/mol. The molecular weight excluding hydrogens is 352 g/mol. The fourth-order valence-corrected chi connectivity index (χ4v) is 4.54. The summed E-state index contributed by atoms with van der Waals surface area (Å²) >= 11 is 1.39. The molecule has 6 nitrogen and oxygen atoms in total. The second-order valence-corrected chi connectivity index (χ2v) is 8.15. The van der Waals surface area contributed by atoms with Crippen LogP contribution in [0.3, 0.4) is 0 Å². The van der Waals surface area contributed by atoms with E-state index in [1.165, 1.54) is 11.3 Å². The van der Waals surface area contributed by atoms with E-state index in [1.54, 1.807) is 0 Å². The number of hydrogen-bond acceptors (Lipinski definition) is 4. The summed E-state index contributed by atoms with van der Waals surface area (Å²) in [5.41, 5.74) is 1.48. The molecule has 1 aromatic heterocycles. The number of aliphatic carboxylic acids is 1. The van der Waals surface area contributed by atoms with Gasteiger partial charge in [-0.25, -0.2) is 0 Å². The Balaban J connectivity index is 1.84. The monoisotopic (exact) mass is 376 g/mol. The van der Waals surface area contributed by atoms with Crippen LogP contribution in [0.4, 0.5) is 5.00 Å². The zero-order chi connectivity index (χ0) is 18.8. The minimum atomic E-state index is -0.960. The van der Waals surface area contributed by atoms with E-state index in [-0.39, 0.29) is 17.9 Å². The van der Waals surface area contributed by atoms with Crippen LogP contribution in [-0.2, 0) is 16.0 Å². The van der Waals surface area contributed by atoms with E-state index in [1.807, 2.05) is 26.0 Å². The number of nitrogens with one attached hydrogen (secondary N) is 2. The van der Waals surface area contributed by atoms with Crippen molar-refractivity contribution < 1.29 is 19.5 Å². The van der Waals surface area contributed by atoms with Gasteiger partial charge in [0.1, 0.15) is 5.00 Å². The van der Waals surface area contributed by atoms with Crippen LogP contribution in [0.1, 0.15) is 53.4 Å². The fourth-order valence-electron chi connectivity index (χ4n) is 3.40. The van der Waals surface area contributed by atoms with Gasteiger partial charge in [-0.1, -0.05) is 19.1 Å². The Bertz CT molecular complexity index is 764. The van der Waals surface area contributed by atoms with Crippen molar-refractivity contribution in [3.05, 3.63) is 28.2 Å². The van der Waals surface area contributed by atoms with Gasteiger partial charge < -0.3 is 15.7 Å². The van der Waals surface area contributed by atoms with Gasteiger partial charge in [-0.3, -0.25) is 14.4 Å². The van der Waals surface area contributed by atoms with Gasteiger partial charge in [-0.2, -0.15) is 0 Å². The molecule has 0 aliphatic heterocycles. The number of allylic oxidation sites excluding steroid dienone is 2. The molecule has 0 unspecified atom stereocenters. The molecule has 0 saturated heterocycles.